The first-order chi connectivity index (χ1) is 8.49. The Labute approximate surface area is 109 Å². The van der Waals surface area contributed by atoms with E-state index in [0.717, 1.165) is 25.7 Å². The van der Waals surface area contributed by atoms with Crippen molar-refractivity contribution in [1.29, 1.82) is 0 Å². The summed E-state index contributed by atoms with van der Waals surface area (Å²) in [5, 5.41) is 0. The van der Waals surface area contributed by atoms with Gasteiger partial charge in [-0.3, -0.25) is 9.59 Å². The Morgan fingerprint density at radius 1 is 1.44 bits per heavy atom. The van der Waals surface area contributed by atoms with Gasteiger partial charge in [-0.2, -0.15) is 0 Å². The van der Waals surface area contributed by atoms with Crippen LogP contribution in [-0.2, 0) is 14.3 Å². The third-order valence-electron chi connectivity index (χ3n) is 4.74. The number of methoxy groups -OCH3 is 1. The molecule has 100 valence electrons. The van der Waals surface area contributed by atoms with Crippen LogP contribution < -0.4 is 0 Å². The summed E-state index contributed by atoms with van der Waals surface area (Å²) < 4.78 is 4.93. The Hall–Kier alpha value is -1.12. The molecule has 0 unspecified atom stereocenters. The van der Waals surface area contributed by atoms with E-state index < -0.39 is 0 Å². The number of hydrogen-bond acceptors (Lipinski definition) is 3. The average molecular weight is 250 g/mol. The van der Waals surface area contributed by atoms with Crippen LogP contribution in [0.4, 0.5) is 0 Å². The topological polar surface area (TPSA) is 43.4 Å². The molecular formula is C15H22O3. The van der Waals surface area contributed by atoms with E-state index in [0.29, 0.717) is 12.2 Å². The van der Waals surface area contributed by atoms with Crippen LogP contribution >= 0.6 is 0 Å². The highest BCUT2D eigenvalue weighted by molar-refractivity contribution is 5.88. The number of rotatable bonds is 1. The van der Waals surface area contributed by atoms with Crippen molar-refractivity contribution in [3.8, 4) is 0 Å². The molecule has 0 saturated heterocycles. The molecule has 2 aliphatic carbocycles. The van der Waals surface area contributed by atoms with Crippen molar-refractivity contribution >= 4 is 11.8 Å². The van der Waals surface area contributed by atoms with Crippen molar-refractivity contribution in [3.05, 3.63) is 11.6 Å². The van der Waals surface area contributed by atoms with Crippen LogP contribution in [0.5, 0.6) is 0 Å². The lowest BCUT2D eigenvalue weighted by atomic mass is 9.67. The van der Waals surface area contributed by atoms with Crippen LogP contribution in [0.25, 0.3) is 0 Å². The van der Waals surface area contributed by atoms with Gasteiger partial charge in [-0.05, 0) is 38.5 Å². The van der Waals surface area contributed by atoms with E-state index in [1.807, 2.05) is 6.92 Å². The molecule has 0 aromatic heterocycles. The lowest BCUT2D eigenvalue weighted by Crippen LogP contribution is -2.38. The molecule has 0 aromatic carbocycles. The van der Waals surface area contributed by atoms with E-state index in [-0.39, 0.29) is 23.2 Å². The van der Waals surface area contributed by atoms with Gasteiger partial charge in [0.1, 0.15) is 5.78 Å². The largest absolute Gasteiger partial charge is 0.469 e. The zero-order valence-corrected chi connectivity index (χ0v) is 11.5. The first-order valence-electron chi connectivity index (χ1n) is 6.76. The number of esters is 1. The SMILES string of the molecule is COC(=O)[C@H]1CC/C=C(/C)C[C@@]2(C)C(=O)CC[C@H]12. The van der Waals surface area contributed by atoms with E-state index in [2.05, 4.69) is 13.0 Å². The molecule has 0 heterocycles. The summed E-state index contributed by atoms with van der Waals surface area (Å²) in [6, 6.07) is 0. The fraction of sp³-hybridized carbons (Fsp3) is 0.733. The van der Waals surface area contributed by atoms with Crippen LogP contribution in [0.1, 0.15) is 46.0 Å². The number of ketones is 1. The molecule has 1 fully saturated rings. The van der Waals surface area contributed by atoms with Crippen molar-refractivity contribution in [2.45, 2.75) is 46.0 Å². The molecule has 0 aromatic rings. The van der Waals surface area contributed by atoms with Crippen molar-refractivity contribution in [2.24, 2.45) is 17.3 Å². The quantitative estimate of drug-likeness (QED) is 0.531. The van der Waals surface area contributed by atoms with Gasteiger partial charge in [0.2, 0.25) is 0 Å². The summed E-state index contributed by atoms with van der Waals surface area (Å²) in [7, 11) is 1.44. The lowest BCUT2D eigenvalue weighted by Gasteiger charge is -2.36. The number of Topliss-reactive ketones (excluding diaryl/α,β-unsaturated/α-hetero) is 1. The van der Waals surface area contributed by atoms with Crippen LogP contribution in [-0.4, -0.2) is 18.9 Å². The average Bonchev–Trinajstić information content (AvgIpc) is 2.58. The third-order valence-corrected chi connectivity index (χ3v) is 4.74. The van der Waals surface area contributed by atoms with E-state index in [9.17, 15) is 9.59 Å². The van der Waals surface area contributed by atoms with Gasteiger partial charge in [0.15, 0.2) is 0 Å². The van der Waals surface area contributed by atoms with E-state index in [4.69, 9.17) is 4.74 Å². The van der Waals surface area contributed by atoms with Gasteiger partial charge in [-0.25, -0.2) is 0 Å². The molecule has 3 atom stereocenters. The Morgan fingerprint density at radius 2 is 2.17 bits per heavy atom. The monoisotopic (exact) mass is 250 g/mol. The summed E-state index contributed by atoms with van der Waals surface area (Å²) in [4.78, 5) is 24.2. The highest BCUT2D eigenvalue weighted by Crippen LogP contribution is 2.50. The number of hydrogen-bond donors (Lipinski definition) is 0. The molecule has 0 spiro atoms. The number of ether oxygens (including phenoxy) is 1. The number of carbonyl (C=O) groups excluding carboxylic acids is 2. The lowest BCUT2D eigenvalue weighted by molar-refractivity contribution is -0.150. The molecule has 2 aliphatic rings. The minimum absolute atomic E-state index is 0.115. The Bertz CT molecular complexity index is 397. The number of carbonyl (C=O) groups is 2. The molecule has 0 aliphatic heterocycles. The van der Waals surface area contributed by atoms with Gasteiger partial charge >= 0.3 is 5.97 Å². The zero-order chi connectivity index (χ0) is 13.3. The molecule has 2 rings (SSSR count). The van der Waals surface area contributed by atoms with Crippen LogP contribution in [0, 0.1) is 17.3 Å². The molecule has 0 radical (unpaired) electrons. The Morgan fingerprint density at radius 3 is 2.83 bits per heavy atom. The summed E-state index contributed by atoms with van der Waals surface area (Å²) in [5.74, 6) is 0.210. The van der Waals surface area contributed by atoms with Gasteiger partial charge in [0, 0.05) is 11.8 Å². The van der Waals surface area contributed by atoms with E-state index >= 15 is 0 Å². The minimum atomic E-state index is -0.361. The smallest absolute Gasteiger partial charge is 0.308 e. The zero-order valence-electron chi connectivity index (χ0n) is 11.5. The predicted octanol–water partition coefficient (Wildman–Crippen LogP) is 2.89. The van der Waals surface area contributed by atoms with Crippen molar-refractivity contribution in [2.75, 3.05) is 7.11 Å². The van der Waals surface area contributed by atoms with Crippen molar-refractivity contribution in [3.63, 3.8) is 0 Å². The second-order valence-corrected chi connectivity index (χ2v) is 5.92. The number of allylic oxidation sites excluding steroid dienone is 2. The van der Waals surface area contributed by atoms with Gasteiger partial charge < -0.3 is 4.74 Å². The van der Waals surface area contributed by atoms with Gasteiger partial charge in [0.05, 0.1) is 13.0 Å². The fourth-order valence-corrected chi connectivity index (χ4v) is 3.77. The second-order valence-electron chi connectivity index (χ2n) is 5.92. The molecule has 3 nitrogen and oxygen atoms in total. The van der Waals surface area contributed by atoms with E-state index in [1.165, 1.54) is 12.7 Å². The maximum absolute atomic E-state index is 12.2. The van der Waals surface area contributed by atoms with Crippen LogP contribution in [0.15, 0.2) is 11.6 Å². The van der Waals surface area contributed by atoms with E-state index in [1.54, 1.807) is 0 Å². The summed E-state index contributed by atoms with van der Waals surface area (Å²) >= 11 is 0. The van der Waals surface area contributed by atoms with Gasteiger partial charge in [0.25, 0.3) is 0 Å². The van der Waals surface area contributed by atoms with Gasteiger partial charge in [-0.1, -0.05) is 18.6 Å². The molecule has 0 N–H and O–H groups in total. The summed E-state index contributed by atoms with van der Waals surface area (Å²) in [6.07, 6.45) is 6.13. The van der Waals surface area contributed by atoms with Crippen LogP contribution in [0.2, 0.25) is 0 Å². The molecule has 18 heavy (non-hydrogen) atoms. The van der Waals surface area contributed by atoms with Crippen molar-refractivity contribution < 1.29 is 14.3 Å². The molecule has 0 bridgehead atoms. The van der Waals surface area contributed by atoms with Crippen molar-refractivity contribution in [1.82, 2.24) is 0 Å². The predicted molar refractivity (Wildman–Crippen MR) is 69.0 cm³/mol. The molecule has 0 amide bonds. The normalized spacial score (nSPS) is 39.3. The Kier molecular flexibility index (Phi) is 3.60. The first kappa shape index (κ1) is 13.3. The molecule has 3 heteroatoms. The second kappa shape index (κ2) is 4.87. The van der Waals surface area contributed by atoms with Gasteiger partial charge in [-0.15, -0.1) is 0 Å². The minimum Gasteiger partial charge on any atom is -0.469 e. The molecular weight excluding hydrogens is 228 g/mol. The summed E-state index contributed by atoms with van der Waals surface area (Å²) in [6.45, 7) is 4.12. The number of fused-ring (bicyclic) bond motifs is 1. The standard InChI is InChI=1S/C15H22O3/c1-10-5-4-6-11(14(17)18-3)12-7-8-13(16)15(12,2)9-10/h5,11-12H,4,6-9H2,1-3H3/b10-5-/t11-,12+,15+/m0/s1. The highest BCUT2D eigenvalue weighted by atomic mass is 16.5. The highest BCUT2D eigenvalue weighted by Gasteiger charge is 2.51. The third kappa shape index (κ3) is 2.11. The maximum atomic E-state index is 12.2. The fourth-order valence-electron chi connectivity index (χ4n) is 3.77. The Balaban J connectivity index is 2.36. The van der Waals surface area contributed by atoms with Crippen LogP contribution in [0.3, 0.4) is 0 Å². The maximum Gasteiger partial charge on any atom is 0.308 e. The summed E-state index contributed by atoms with van der Waals surface area (Å²) in [5.41, 5.74) is 0.918. The first-order valence-corrected chi connectivity index (χ1v) is 6.76. The molecule has 1 saturated carbocycles.